The Bertz CT molecular complexity index is 508. The molecule has 1 aromatic rings. The highest BCUT2D eigenvalue weighted by Crippen LogP contribution is 2.29. The maximum Gasteiger partial charge on any atom is 0.143 e. The van der Waals surface area contributed by atoms with Gasteiger partial charge in [-0.1, -0.05) is 33.8 Å². The first-order valence-corrected chi connectivity index (χ1v) is 9.24. The zero-order valence-corrected chi connectivity index (χ0v) is 17.7. The Hall–Kier alpha value is -0.550. The summed E-state index contributed by atoms with van der Waals surface area (Å²) in [6.45, 7) is 11.2. The third-order valence-electron chi connectivity index (χ3n) is 2.70. The fourth-order valence-electron chi connectivity index (χ4n) is 1.45. The highest BCUT2D eigenvalue weighted by molar-refractivity contribution is 9.12. The SMILES string of the molecule is CC.CC.CC1=C(F)C(Br)=CCC1.Cc1c(F)ccc(Br)c1F. The van der Waals surface area contributed by atoms with Crippen molar-refractivity contribution in [2.45, 2.75) is 54.4 Å². The Morgan fingerprint density at radius 1 is 0.913 bits per heavy atom. The molecule has 0 aliphatic heterocycles. The van der Waals surface area contributed by atoms with Crippen LogP contribution in [0.4, 0.5) is 13.2 Å². The third-order valence-corrected chi connectivity index (χ3v) is 3.98. The van der Waals surface area contributed by atoms with Gasteiger partial charge < -0.3 is 0 Å². The van der Waals surface area contributed by atoms with Crippen molar-refractivity contribution in [3.05, 3.63) is 55.8 Å². The number of hydrogen-bond acceptors (Lipinski definition) is 0. The number of rotatable bonds is 0. The van der Waals surface area contributed by atoms with E-state index in [4.69, 9.17) is 0 Å². The normalized spacial score (nSPS) is 12.7. The Kier molecular flexibility index (Phi) is 14.9. The Morgan fingerprint density at radius 3 is 1.83 bits per heavy atom. The van der Waals surface area contributed by atoms with Crippen molar-refractivity contribution < 1.29 is 13.2 Å². The van der Waals surface area contributed by atoms with Gasteiger partial charge in [-0.25, -0.2) is 13.2 Å². The lowest BCUT2D eigenvalue weighted by Gasteiger charge is -2.07. The van der Waals surface area contributed by atoms with Crippen LogP contribution >= 0.6 is 31.9 Å². The minimum atomic E-state index is -0.528. The van der Waals surface area contributed by atoms with E-state index in [1.165, 1.54) is 19.1 Å². The van der Waals surface area contributed by atoms with Crippen molar-refractivity contribution in [2.24, 2.45) is 0 Å². The summed E-state index contributed by atoms with van der Waals surface area (Å²) in [4.78, 5) is 0. The maximum atomic E-state index is 12.7. The zero-order valence-electron chi connectivity index (χ0n) is 14.5. The van der Waals surface area contributed by atoms with Crippen LogP contribution in [0.5, 0.6) is 0 Å². The molecule has 0 nitrogen and oxygen atoms in total. The van der Waals surface area contributed by atoms with E-state index < -0.39 is 11.6 Å². The monoisotopic (exact) mass is 456 g/mol. The summed E-state index contributed by atoms with van der Waals surface area (Å²) in [5, 5.41) is 0. The molecule has 1 aliphatic rings. The van der Waals surface area contributed by atoms with E-state index >= 15 is 0 Å². The van der Waals surface area contributed by atoms with E-state index in [0.29, 0.717) is 8.96 Å². The molecule has 0 unspecified atom stereocenters. The lowest BCUT2D eigenvalue weighted by atomic mass is 10.1. The molecule has 0 saturated carbocycles. The van der Waals surface area contributed by atoms with Crippen molar-refractivity contribution in [3.8, 4) is 0 Å². The van der Waals surface area contributed by atoms with Gasteiger partial charge in [-0.2, -0.15) is 0 Å². The molecule has 1 aliphatic carbocycles. The Morgan fingerprint density at radius 2 is 1.43 bits per heavy atom. The lowest BCUT2D eigenvalue weighted by molar-refractivity contribution is 0.564. The molecule has 0 amide bonds. The van der Waals surface area contributed by atoms with E-state index in [0.717, 1.165) is 18.4 Å². The van der Waals surface area contributed by atoms with Gasteiger partial charge >= 0.3 is 0 Å². The molecule has 0 fully saturated rings. The average Bonchev–Trinajstić information content (AvgIpc) is 2.58. The quantitative estimate of drug-likeness (QED) is 0.343. The summed E-state index contributed by atoms with van der Waals surface area (Å²) in [5.74, 6) is -1.12. The van der Waals surface area contributed by atoms with Crippen LogP contribution in [0.25, 0.3) is 0 Å². The molecule has 132 valence electrons. The second-order valence-corrected chi connectivity index (χ2v) is 5.86. The fourth-order valence-corrected chi connectivity index (χ4v) is 2.44. The van der Waals surface area contributed by atoms with Gasteiger partial charge in [0.1, 0.15) is 17.5 Å². The van der Waals surface area contributed by atoms with Crippen LogP contribution in [-0.2, 0) is 0 Å². The van der Waals surface area contributed by atoms with Gasteiger partial charge in [0.05, 0.1) is 4.47 Å². The second kappa shape index (κ2) is 13.8. The molecule has 2 rings (SSSR count). The van der Waals surface area contributed by atoms with Gasteiger partial charge in [-0.3, -0.25) is 0 Å². The lowest BCUT2D eigenvalue weighted by Crippen LogP contribution is -1.89. The van der Waals surface area contributed by atoms with Crippen molar-refractivity contribution in [1.29, 1.82) is 0 Å². The molecule has 0 spiro atoms. The van der Waals surface area contributed by atoms with Crippen molar-refractivity contribution in [1.82, 2.24) is 0 Å². The molecular weight excluding hydrogens is 433 g/mol. The number of hydrogen-bond donors (Lipinski definition) is 0. The summed E-state index contributed by atoms with van der Waals surface area (Å²) in [5.41, 5.74) is 0.902. The molecule has 23 heavy (non-hydrogen) atoms. The van der Waals surface area contributed by atoms with Gasteiger partial charge in [0.15, 0.2) is 0 Å². The van der Waals surface area contributed by atoms with Crippen molar-refractivity contribution in [3.63, 3.8) is 0 Å². The number of halogens is 5. The predicted octanol–water partition coefficient (Wildman–Crippen LogP) is 8.39. The minimum Gasteiger partial charge on any atom is -0.207 e. The van der Waals surface area contributed by atoms with E-state index in [1.54, 1.807) is 0 Å². The number of benzene rings is 1. The van der Waals surface area contributed by atoms with Gasteiger partial charge in [-0.15, -0.1) is 0 Å². The van der Waals surface area contributed by atoms with Gasteiger partial charge in [-0.05, 0) is 76.3 Å². The van der Waals surface area contributed by atoms with E-state index in [1.807, 2.05) is 40.7 Å². The Balaban J connectivity index is 0. The molecule has 0 aromatic heterocycles. The van der Waals surface area contributed by atoms with E-state index in [9.17, 15) is 13.2 Å². The summed E-state index contributed by atoms with van der Waals surface area (Å²) in [7, 11) is 0. The Labute approximate surface area is 155 Å². The highest BCUT2D eigenvalue weighted by Gasteiger charge is 2.09. The molecule has 0 radical (unpaired) electrons. The molecule has 1 aromatic carbocycles. The summed E-state index contributed by atoms with van der Waals surface area (Å²) < 4.78 is 38.9. The summed E-state index contributed by atoms with van der Waals surface area (Å²) in [6.07, 6.45) is 3.68. The standard InChI is InChI=1S/C7H5BrF2.C7H8BrF.2C2H6/c1-4-6(9)3-2-5(8)7(4)10;1-5-3-2-4-6(8)7(5)9;2*1-2/h2-3H,1H3;4H,2-3H2,1H3;2*1-2H3. The largest absolute Gasteiger partial charge is 0.207 e. The number of allylic oxidation sites excluding steroid dienone is 4. The zero-order chi connectivity index (χ0) is 18.6. The first-order chi connectivity index (χ1) is 10.8. The minimum absolute atomic E-state index is 0.0503. The van der Waals surface area contributed by atoms with Gasteiger partial charge in [0.25, 0.3) is 0 Å². The molecule has 0 saturated heterocycles. The van der Waals surface area contributed by atoms with Crippen LogP contribution in [0, 0.1) is 18.6 Å². The smallest absolute Gasteiger partial charge is 0.143 e. The van der Waals surface area contributed by atoms with Crippen LogP contribution in [0.3, 0.4) is 0 Å². The molecule has 0 bridgehead atoms. The first-order valence-electron chi connectivity index (χ1n) is 7.66. The van der Waals surface area contributed by atoms with Crippen LogP contribution < -0.4 is 0 Å². The molecule has 0 atom stereocenters. The first kappa shape index (κ1) is 24.7. The van der Waals surface area contributed by atoms with Crippen LogP contribution in [-0.4, -0.2) is 0 Å². The summed E-state index contributed by atoms with van der Waals surface area (Å²) >= 11 is 6.06. The van der Waals surface area contributed by atoms with Crippen LogP contribution in [0.2, 0.25) is 0 Å². The predicted molar refractivity (Wildman–Crippen MR) is 102 cm³/mol. The van der Waals surface area contributed by atoms with Gasteiger partial charge in [0, 0.05) is 10.0 Å². The van der Waals surface area contributed by atoms with E-state index in [2.05, 4.69) is 31.9 Å². The summed E-state index contributed by atoms with van der Waals surface area (Å²) in [6, 6.07) is 2.57. The molecule has 0 N–H and O–H groups in total. The average molecular weight is 458 g/mol. The maximum absolute atomic E-state index is 12.7. The molecular formula is C18H25Br2F3. The molecule has 5 heteroatoms. The topological polar surface area (TPSA) is 0 Å². The van der Waals surface area contributed by atoms with Crippen LogP contribution in [0.1, 0.15) is 53.0 Å². The van der Waals surface area contributed by atoms with Crippen molar-refractivity contribution >= 4 is 31.9 Å². The molecule has 0 heterocycles. The fraction of sp³-hybridized carbons (Fsp3) is 0.444. The van der Waals surface area contributed by atoms with E-state index in [-0.39, 0.29) is 11.4 Å². The van der Waals surface area contributed by atoms with Crippen molar-refractivity contribution in [2.75, 3.05) is 0 Å². The second-order valence-electron chi connectivity index (χ2n) is 4.15. The van der Waals surface area contributed by atoms with Crippen LogP contribution in [0.15, 0.2) is 38.6 Å². The highest BCUT2D eigenvalue weighted by atomic mass is 79.9. The van der Waals surface area contributed by atoms with Gasteiger partial charge in [0.2, 0.25) is 0 Å². The third kappa shape index (κ3) is 8.75.